The van der Waals surface area contributed by atoms with Gasteiger partial charge < -0.3 is 9.30 Å². The quantitative estimate of drug-likeness (QED) is 0.593. The van der Waals surface area contributed by atoms with Gasteiger partial charge in [-0.2, -0.15) is 4.99 Å². The van der Waals surface area contributed by atoms with Gasteiger partial charge in [0.25, 0.3) is 5.91 Å². The van der Waals surface area contributed by atoms with Crippen LogP contribution in [0, 0.1) is 13.8 Å². The number of carbonyl (C=O) groups excluding carboxylic acids is 1. The van der Waals surface area contributed by atoms with Crippen LogP contribution in [0.5, 0.6) is 0 Å². The second-order valence-electron chi connectivity index (χ2n) is 6.44. The molecule has 0 N–H and O–H groups in total. The van der Waals surface area contributed by atoms with Crippen LogP contribution >= 0.6 is 23.1 Å². The molecular weight excluding hydrogens is 376 g/mol. The van der Waals surface area contributed by atoms with Gasteiger partial charge in [-0.05, 0) is 36.6 Å². The van der Waals surface area contributed by atoms with Crippen molar-refractivity contribution in [2.24, 2.45) is 4.99 Å². The van der Waals surface area contributed by atoms with E-state index in [0.29, 0.717) is 18.9 Å². The lowest BCUT2D eigenvalue weighted by Gasteiger charge is -2.06. The van der Waals surface area contributed by atoms with E-state index in [1.165, 1.54) is 21.4 Å². The van der Waals surface area contributed by atoms with E-state index in [-0.39, 0.29) is 5.91 Å². The van der Waals surface area contributed by atoms with Crippen LogP contribution in [0.4, 0.5) is 0 Å². The molecule has 1 heterocycles. The fourth-order valence-corrected chi connectivity index (χ4v) is 4.86. The fraction of sp³-hybridized carbons (Fsp3) is 0.333. The summed E-state index contributed by atoms with van der Waals surface area (Å²) in [6, 6.07) is 14.5. The molecule has 0 aliphatic carbocycles. The van der Waals surface area contributed by atoms with Crippen molar-refractivity contribution in [3.05, 3.63) is 64.0 Å². The third kappa shape index (κ3) is 5.09. The number of benzene rings is 2. The highest BCUT2D eigenvalue weighted by atomic mass is 32.2. The number of hydrogen-bond acceptors (Lipinski definition) is 4. The van der Waals surface area contributed by atoms with Crippen molar-refractivity contribution in [2.75, 3.05) is 19.5 Å². The predicted octanol–water partition coefficient (Wildman–Crippen LogP) is 4.33. The van der Waals surface area contributed by atoms with E-state index in [4.69, 9.17) is 4.74 Å². The van der Waals surface area contributed by atoms with Crippen LogP contribution in [0.2, 0.25) is 0 Å². The molecule has 4 nitrogen and oxygen atoms in total. The van der Waals surface area contributed by atoms with Crippen molar-refractivity contribution in [2.45, 2.75) is 26.1 Å². The zero-order valence-electron chi connectivity index (χ0n) is 15.9. The normalized spacial score (nSPS) is 12.0. The molecule has 3 rings (SSSR count). The van der Waals surface area contributed by atoms with E-state index in [1.54, 1.807) is 30.2 Å². The average molecular weight is 401 g/mol. The number of aryl methyl sites for hydroxylation is 2. The Hall–Kier alpha value is -1.89. The smallest absolute Gasteiger partial charge is 0.258 e. The fourth-order valence-electron chi connectivity index (χ4n) is 2.97. The Balaban J connectivity index is 1.83. The summed E-state index contributed by atoms with van der Waals surface area (Å²) in [6.45, 7) is 5.46. The highest BCUT2D eigenvalue weighted by molar-refractivity contribution is 7.99. The molecule has 0 atom stereocenters. The average Bonchev–Trinajstić information content (AvgIpc) is 2.98. The number of aromatic nitrogens is 1. The van der Waals surface area contributed by atoms with Gasteiger partial charge in [-0.1, -0.05) is 47.7 Å². The number of rotatable bonds is 7. The van der Waals surface area contributed by atoms with Crippen molar-refractivity contribution in [1.82, 2.24) is 4.57 Å². The summed E-state index contributed by atoms with van der Waals surface area (Å²) >= 11 is 3.18. The number of thioether (sulfide) groups is 1. The largest absolute Gasteiger partial charge is 0.383 e. The highest BCUT2D eigenvalue weighted by Gasteiger charge is 2.11. The summed E-state index contributed by atoms with van der Waals surface area (Å²) in [5, 5.41) is 0. The van der Waals surface area contributed by atoms with E-state index in [0.717, 1.165) is 16.1 Å². The van der Waals surface area contributed by atoms with Gasteiger partial charge in [-0.15, -0.1) is 11.8 Å². The molecule has 2 aromatic carbocycles. The number of carbonyl (C=O) groups is 1. The Morgan fingerprint density at radius 2 is 2.00 bits per heavy atom. The van der Waals surface area contributed by atoms with Crippen LogP contribution in [0.1, 0.15) is 16.7 Å². The molecule has 0 saturated carbocycles. The summed E-state index contributed by atoms with van der Waals surface area (Å²) < 4.78 is 8.53. The lowest BCUT2D eigenvalue weighted by Crippen LogP contribution is -2.19. The molecular formula is C21H24N2O2S2. The van der Waals surface area contributed by atoms with Gasteiger partial charge in [-0.3, -0.25) is 4.79 Å². The Morgan fingerprint density at radius 3 is 2.74 bits per heavy atom. The van der Waals surface area contributed by atoms with Crippen LogP contribution in [0.25, 0.3) is 10.2 Å². The lowest BCUT2D eigenvalue weighted by molar-refractivity contribution is -0.115. The third-order valence-electron chi connectivity index (χ3n) is 4.19. The van der Waals surface area contributed by atoms with Crippen molar-refractivity contribution < 1.29 is 9.53 Å². The van der Waals surface area contributed by atoms with Gasteiger partial charge in [0.2, 0.25) is 0 Å². The number of fused-ring (bicyclic) bond motifs is 1. The minimum absolute atomic E-state index is 0.0944. The Kier molecular flexibility index (Phi) is 6.88. The lowest BCUT2D eigenvalue weighted by atomic mass is 10.1. The van der Waals surface area contributed by atoms with Crippen molar-refractivity contribution in [1.29, 1.82) is 0 Å². The van der Waals surface area contributed by atoms with Crippen molar-refractivity contribution >= 4 is 39.2 Å². The summed E-state index contributed by atoms with van der Waals surface area (Å²) in [6.07, 6.45) is 0. The molecule has 27 heavy (non-hydrogen) atoms. The molecule has 1 amide bonds. The maximum absolute atomic E-state index is 12.4. The number of amides is 1. The van der Waals surface area contributed by atoms with E-state index in [9.17, 15) is 4.79 Å². The molecule has 6 heteroatoms. The summed E-state index contributed by atoms with van der Waals surface area (Å²) in [7, 11) is 1.69. The molecule has 142 valence electrons. The summed E-state index contributed by atoms with van der Waals surface area (Å²) in [4.78, 5) is 17.6. The van der Waals surface area contributed by atoms with Gasteiger partial charge in [0.15, 0.2) is 4.80 Å². The minimum atomic E-state index is -0.0944. The molecule has 0 saturated heterocycles. The zero-order valence-corrected chi connectivity index (χ0v) is 17.5. The second-order valence-corrected chi connectivity index (χ2v) is 8.41. The van der Waals surface area contributed by atoms with Gasteiger partial charge >= 0.3 is 0 Å². The Labute approximate surface area is 167 Å². The second kappa shape index (κ2) is 9.35. The van der Waals surface area contributed by atoms with Crippen molar-refractivity contribution in [3.8, 4) is 0 Å². The summed E-state index contributed by atoms with van der Waals surface area (Å²) in [5.41, 5.74) is 4.77. The molecule has 0 unspecified atom stereocenters. The van der Waals surface area contributed by atoms with Gasteiger partial charge in [-0.25, -0.2) is 0 Å². The molecule has 0 aliphatic heterocycles. The van der Waals surface area contributed by atoms with Crippen LogP contribution in [-0.4, -0.2) is 29.9 Å². The first-order valence-electron chi connectivity index (χ1n) is 8.87. The van der Waals surface area contributed by atoms with E-state index in [2.05, 4.69) is 47.7 Å². The molecule has 0 radical (unpaired) electrons. The van der Waals surface area contributed by atoms with Crippen LogP contribution in [0.3, 0.4) is 0 Å². The Morgan fingerprint density at radius 1 is 1.22 bits per heavy atom. The Bertz CT molecular complexity index is 991. The zero-order chi connectivity index (χ0) is 19.2. The molecule has 3 aromatic rings. The van der Waals surface area contributed by atoms with Crippen LogP contribution in [-0.2, 0) is 21.8 Å². The first-order valence-corrected chi connectivity index (χ1v) is 10.8. The van der Waals surface area contributed by atoms with Crippen LogP contribution < -0.4 is 4.80 Å². The molecule has 0 fully saturated rings. The maximum atomic E-state index is 12.4. The van der Waals surface area contributed by atoms with E-state index < -0.39 is 0 Å². The van der Waals surface area contributed by atoms with Crippen molar-refractivity contribution in [3.63, 3.8) is 0 Å². The SMILES string of the molecule is COCCn1c(=NC(=O)CSCc2ccccc2)sc2c(C)cc(C)cc21. The topological polar surface area (TPSA) is 43.6 Å². The highest BCUT2D eigenvalue weighted by Crippen LogP contribution is 2.23. The standard InChI is InChI=1S/C21H24N2O2S2/c1-15-11-16(2)20-18(12-15)23(9-10-25-3)21(27-20)22-19(24)14-26-13-17-7-5-4-6-8-17/h4-8,11-12H,9-10,13-14H2,1-3H3. The number of ether oxygens (including phenoxy) is 1. The number of thiazole rings is 1. The van der Waals surface area contributed by atoms with Crippen LogP contribution in [0.15, 0.2) is 47.5 Å². The first kappa shape index (κ1) is 19.9. The molecule has 1 aromatic heterocycles. The monoisotopic (exact) mass is 400 g/mol. The number of methoxy groups -OCH3 is 1. The predicted molar refractivity (Wildman–Crippen MR) is 114 cm³/mol. The van der Waals surface area contributed by atoms with E-state index >= 15 is 0 Å². The summed E-state index contributed by atoms with van der Waals surface area (Å²) in [5.74, 6) is 1.10. The number of hydrogen-bond donors (Lipinski definition) is 0. The molecule has 0 aliphatic rings. The third-order valence-corrected chi connectivity index (χ3v) is 6.41. The molecule has 0 bridgehead atoms. The van der Waals surface area contributed by atoms with Gasteiger partial charge in [0, 0.05) is 19.4 Å². The molecule has 0 spiro atoms. The van der Waals surface area contributed by atoms with E-state index in [1.807, 2.05) is 18.2 Å². The van der Waals surface area contributed by atoms with Gasteiger partial charge in [0.1, 0.15) is 0 Å². The minimum Gasteiger partial charge on any atom is -0.383 e. The first-order chi connectivity index (χ1) is 13.1. The maximum Gasteiger partial charge on any atom is 0.258 e. The van der Waals surface area contributed by atoms with Gasteiger partial charge in [0.05, 0.1) is 22.6 Å². The number of nitrogens with zero attached hydrogens (tertiary/aromatic N) is 2.